The average molecular weight is 601 g/mol. The Hall–Kier alpha value is -2.22. The molecule has 0 nitrogen and oxygen atoms in total. The maximum absolute atomic E-state index is 2.49. The molecule has 0 aliphatic carbocycles. The molecule has 6 aromatic carbocycles. The minimum absolute atomic E-state index is 0. The van der Waals surface area contributed by atoms with Crippen molar-refractivity contribution in [2.24, 2.45) is 0 Å². The van der Waals surface area contributed by atoms with Gasteiger partial charge in [-0.3, -0.25) is 0 Å². The number of benzene rings is 4. The van der Waals surface area contributed by atoms with Gasteiger partial charge in [0, 0.05) is 0 Å². The van der Waals surface area contributed by atoms with E-state index in [4.69, 9.17) is 0 Å². The van der Waals surface area contributed by atoms with Crippen molar-refractivity contribution in [3.63, 3.8) is 0 Å². The van der Waals surface area contributed by atoms with Crippen molar-refractivity contribution >= 4 is 40.0 Å². The third-order valence-electron chi connectivity index (χ3n) is 7.11. The van der Waals surface area contributed by atoms with Crippen LogP contribution in [0.15, 0.2) is 121 Å². The van der Waals surface area contributed by atoms with Crippen molar-refractivity contribution in [3.05, 3.63) is 121 Å². The Morgan fingerprint density at radius 1 is 0.500 bits per heavy atom. The molecule has 0 aromatic heterocycles. The maximum atomic E-state index is 2.49. The first kappa shape index (κ1) is 28.4. The molecule has 0 spiro atoms. The van der Waals surface area contributed by atoms with Crippen LogP contribution in [0.2, 0.25) is 13.1 Å². The number of fused-ring (bicyclic) bond motifs is 2. The average Bonchev–Trinajstić information content (AvgIpc) is 3.50. The molecule has 176 valence electrons. The summed E-state index contributed by atoms with van der Waals surface area (Å²) in [6.07, 6.45) is 0. The van der Waals surface area contributed by atoms with E-state index in [-0.39, 0.29) is 51.0 Å². The molecular formula is C32H26Cl2SiZr. The van der Waals surface area contributed by atoms with Crippen LogP contribution in [0.5, 0.6) is 0 Å². The summed E-state index contributed by atoms with van der Waals surface area (Å²) in [5, 5.41) is 8.40. The zero-order valence-electron chi connectivity index (χ0n) is 20.3. The van der Waals surface area contributed by atoms with Gasteiger partial charge in [0.05, 0.1) is 8.07 Å². The van der Waals surface area contributed by atoms with Gasteiger partial charge in [0.15, 0.2) is 0 Å². The van der Waals surface area contributed by atoms with Crippen LogP contribution in [-0.4, -0.2) is 8.07 Å². The summed E-state index contributed by atoms with van der Waals surface area (Å²) < 4.78 is 0. The van der Waals surface area contributed by atoms with Gasteiger partial charge in [0.1, 0.15) is 0 Å². The van der Waals surface area contributed by atoms with Crippen LogP contribution in [0.25, 0.3) is 43.8 Å². The number of hydrogen-bond acceptors (Lipinski definition) is 0. The molecule has 0 heterocycles. The standard InChI is InChI=1S/C32H26Si.2ClH.Zr/c1-33(2,27-19-25-15-9-17-29(31(25)21-27)23-11-5-3-6-12-23)28-20-26-16-10-18-30(32(26)22-28)24-13-7-4-8-14-24;;;/h3-22H,1-2H3;2*1H;/q-2;;;+4/p-2. The molecule has 0 N–H and O–H groups in total. The van der Waals surface area contributed by atoms with Crippen LogP contribution in [0.4, 0.5) is 0 Å². The molecule has 0 bridgehead atoms. The van der Waals surface area contributed by atoms with Gasteiger partial charge in [0.2, 0.25) is 0 Å². The fourth-order valence-corrected chi connectivity index (χ4v) is 7.47. The first-order chi connectivity index (χ1) is 16.1. The van der Waals surface area contributed by atoms with E-state index < -0.39 is 8.07 Å². The van der Waals surface area contributed by atoms with E-state index in [1.54, 1.807) is 0 Å². The Balaban J connectivity index is 0.00000120. The fourth-order valence-electron chi connectivity index (χ4n) is 5.10. The molecule has 0 saturated carbocycles. The molecule has 0 amide bonds. The molecule has 0 atom stereocenters. The second-order valence-corrected chi connectivity index (χ2v) is 13.9. The molecule has 0 aliphatic rings. The number of hydrogen-bond donors (Lipinski definition) is 0. The second-order valence-electron chi connectivity index (χ2n) is 9.46. The Morgan fingerprint density at radius 3 is 1.28 bits per heavy atom. The van der Waals surface area contributed by atoms with Crippen LogP contribution in [0.1, 0.15) is 0 Å². The normalized spacial score (nSPS) is 10.9. The number of halogens is 2. The Labute approximate surface area is 246 Å². The predicted octanol–water partition coefficient (Wildman–Crippen LogP) is 1.59. The molecular weight excluding hydrogens is 575 g/mol. The van der Waals surface area contributed by atoms with E-state index in [0.717, 1.165) is 0 Å². The van der Waals surface area contributed by atoms with E-state index in [1.807, 2.05) is 0 Å². The van der Waals surface area contributed by atoms with E-state index in [9.17, 15) is 0 Å². The SMILES string of the molecule is C[Si](C)(c1cc2c(-c3ccccc3)cccc2[cH-]1)c1cc2c(-c3ccccc3)cccc2[cH-]1.[Cl-].[Cl-].[Zr+4]. The zero-order chi connectivity index (χ0) is 22.4. The molecule has 4 heteroatoms. The van der Waals surface area contributed by atoms with Gasteiger partial charge in [0.25, 0.3) is 0 Å². The molecule has 0 aliphatic heterocycles. The molecule has 36 heavy (non-hydrogen) atoms. The van der Waals surface area contributed by atoms with Gasteiger partial charge >= 0.3 is 26.2 Å². The zero-order valence-corrected chi connectivity index (χ0v) is 25.3. The van der Waals surface area contributed by atoms with Gasteiger partial charge < -0.3 is 24.8 Å². The van der Waals surface area contributed by atoms with Crippen molar-refractivity contribution < 1.29 is 51.0 Å². The summed E-state index contributed by atoms with van der Waals surface area (Å²) in [5.74, 6) is 0. The molecule has 6 rings (SSSR count). The van der Waals surface area contributed by atoms with Crippen LogP contribution < -0.4 is 35.2 Å². The first-order valence-electron chi connectivity index (χ1n) is 11.6. The Kier molecular flexibility index (Phi) is 9.02. The Morgan fingerprint density at radius 2 is 0.889 bits per heavy atom. The minimum atomic E-state index is -1.87. The molecule has 0 radical (unpaired) electrons. The van der Waals surface area contributed by atoms with Gasteiger partial charge in [-0.15, -0.1) is 68.3 Å². The smallest absolute Gasteiger partial charge is 1.00 e. The molecule has 6 aromatic rings. The van der Waals surface area contributed by atoms with Crippen LogP contribution in [0.3, 0.4) is 0 Å². The summed E-state index contributed by atoms with van der Waals surface area (Å²) in [4.78, 5) is 0. The Bertz CT molecular complexity index is 1460. The third kappa shape index (κ3) is 4.98. The monoisotopic (exact) mass is 598 g/mol. The summed E-state index contributed by atoms with van der Waals surface area (Å²) in [6.45, 7) is 4.97. The summed E-state index contributed by atoms with van der Waals surface area (Å²) in [6, 6.07) is 44.6. The largest absolute Gasteiger partial charge is 4.00 e. The third-order valence-corrected chi connectivity index (χ3v) is 10.6. The summed E-state index contributed by atoms with van der Waals surface area (Å²) in [7, 11) is -1.87. The van der Waals surface area contributed by atoms with Crippen molar-refractivity contribution in [1.82, 2.24) is 0 Å². The van der Waals surface area contributed by atoms with Gasteiger partial charge in [-0.2, -0.15) is 12.1 Å². The van der Waals surface area contributed by atoms with Gasteiger partial charge in [-0.25, -0.2) is 0 Å². The van der Waals surface area contributed by atoms with Crippen molar-refractivity contribution in [1.29, 1.82) is 0 Å². The van der Waals surface area contributed by atoms with Crippen LogP contribution >= 0.6 is 0 Å². The van der Waals surface area contributed by atoms with E-state index in [0.29, 0.717) is 0 Å². The fraction of sp³-hybridized carbons (Fsp3) is 0.0625. The molecule has 0 fully saturated rings. The van der Waals surface area contributed by atoms with Crippen LogP contribution in [-0.2, 0) is 26.2 Å². The quantitative estimate of drug-likeness (QED) is 0.213. The topological polar surface area (TPSA) is 0 Å². The maximum Gasteiger partial charge on any atom is 4.00 e. The van der Waals surface area contributed by atoms with Crippen molar-refractivity contribution in [3.8, 4) is 22.3 Å². The van der Waals surface area contributed by atoms with Gasteiger partial charge in [-0.1, -0.05) is 97.0 Å². The van der Waals surface area contributed by atoms with E-state index in [2.05, 4.69) is 134 Å². The molecule has 0 unspecified atom stereocenters. The summed E-state index contributed by atoms with van der Waals surface area (Å²) in [5.41, 5.74) is 5.21. The van der Waals surface area contributed by atoms with Gasteiger partial charge in [-0.05, 0) is 11.1 Å². The molecule has 0 saturated heterocycles. The summed E-state index contributed by atoms with van der Waals surface area (Å²) >= 11 is 0. The van der Waals surface area contributed by atoms with E-state index >= 15 is 0 Å². The van der Waals surface area contributed by atoms with Crippen molar-refractivity contribution in [2.45, 2.75) is 13.1 Å². The first-order valence-corrected chi connectivity index (χ1v) is 14.6. The number of rotatable bonds is 4. The predicted molar refractivity (Wildman–Crippen MR) is 147 cm³/mol. The van der Waals surface area contributed by atoms with Crippen LogP contribution in [0, 0.1) is 0 Å². The van der Waals surface area contributed by atoms with Crippen molar-refractivity contribution in [2.75, 3.05) is 0 Å². The second kappa shape index (κ2) is 11.4. The minimum Gasteiger partial charge on any atom is -1.00 e. The van der Waals surface area contributed by atoms with E-state index in [1.165, 1.54) is 54.2 Å².